The Hall–Kier alpha value is -2.84. The van der Waals surface area contributed by atoms with E-state index in [-0.39, 0.29) is 29.8 Å². The molecule has 1 amide bonds. The summed E-state index contributed by atoms with van der Waals surface area (Å²) in [5.41, 5.74) is 1.39. The highest BCUT2D eigenvalue weighted by atomic mass is 35.5. The lowest BCUT2D eigenvalue weighted by Gasteiger charge is -2.36. The maximum Gasteiger partial charge on any atom is 0.411 e. The monoisotopic (exact) mass is 442 g/mol. The number of ether oxygens (including phenoxy) is 2. The summed E-state index contributed by atoms with van der Waals surface area (Å²) in [6.45, 7) is 6.02. The van der Waals surface area contributed by atoms with Crippen molar-refractivity contribution in [1.29, 1.82) is 0 Å². The van der Waals surface area contributed by atoms with Crippen molar-refractivity contribution in [2.75, 3.05) is 6.61 Å². The van der Waals surface area contributed by atoms with E-state index < -0.39 is 5.60 Å². The second-order valence-electron chi connectivity index (χ2n) is 8.94. The van der Waals surface area contributed by atoms with Gasteiger partial charge >= 0.3 is 6.09 Å². The molecular weight excluding hydrogens is 420 g/mol. The molecule has 1 saturated heterocycles. The van der Waals surface area contributed by atoms with E-state index in [0.717, 1.165) is 17.7 Å². The molecule has 0 spiro atoms. The maximum absolute atomic E-state index is 12.9. The summed E-state index contributed by atoms with van der Waals surface area (Å²) in [5, 5.41) is 0.817. The predicted octanol–water partition coefficient (Wildman–Crippen LogP) is 3.82. The van der Waals surface area contributed by atoms with Gasteiger partial charge in [-0.2, -0.15) is 0 Å². The first kappa shape index (κ1) is 20.1. The summed E-state index contributed by atoms with van der Waals surface area (Å²) in [6.07, 6.45) is 1.96. The number of aromatic amines is 1. The number of morpholine rings is 1. The molecule has 3 aromatic rings. The number of H-pyrrole nitrogens is 1. The Morgan fingerprint density at radius 3 is 2.74 bits per heavy atom. The Morgan fingerprint density at radius 2 is 2.03 bits per heavy atom. The number of hydrogen-bond donors (Lipinski definition) is 1. The molecule has 1 aliphatic heterocycles. The van der Waals surface area contributed by atoms with Crippen LogP contribution in [0.25, 0.3) is 16.7 Å². The fraction of sp³-hybridized carbons (Fsp3) is 0.409. The number of halogens is 1. The van der Waals surface area contributed by atoms with Crippen LogP contribution < -0.4 is 5.56 Å². The molecule has 2 fully saturated rings. The number of rotatable bonds is 2. The first-order chi connectivity index (χ1) is 14.7. The average molecular weight is 443 g/mol. The number of amides is 1. The van der Waals surface area contributed by atoms with Gasteiger partial charge in [0.25, 0.3) is 5.56 Å². The second kappa shape index (κ2) is 7.10. The van der Waals surface area contributed by atoms with Gasteiger partial charge < -0.3 is 14.5 Å². The number of fused-ring (bicyclic) bond motifs is 2. The highest BCUT2D eigenvalue weighted by Crippen LogP contribution is 2.43. The number of benzene rings is 1. The van der Waals surface area contributed by atoms with E-state index in [1.54, 1.807) is 10.6 Å². The lowest BCUT2D eigenvalue weighted by molar-refractivity contribution is -0.0355. The minimum atomic E-state index is -0.564. The lowest BCUT2D eigenvalue weighted by Crippen LogP contribution is -2.46. The van der Waals surface area contributed by atoms with Crippen molar-refractivity contribution in [2.24, 2.45) is 0 Å². The summed E-state index contributed by atoms with van der Waals surface area (Å²) in [4.78, 5) is 33.6. The highest BCUT2D eigenvalue weighted by molar-refractivity contribution is 6.31. The van der Waals surface area contributed by atoms with Gasteiger partial charge in [-0.1, -0.05) is 23.7 Å². The van der Waals surface area contributed by atoms with Gasteiger partial charge in [0, 0.05) is 5.69 Å². The van der Waals surface area contributed by atoms with E-state index in [4.69, 9.17) is 21.1 Å². The van der Waals surface area contributed by atoms with Gasteiger partial charge in [0.1, 0.15) is 10.8 Å². The van der Waals surface area contributed by atoms with Crippen LogP contribution >= 0.6 is 11.6 Å². The third kappa shape index (κ3) is 3.59. The van der Waals surface area contributed by atoms with Crippen LogP contribution in [0.15, 0.2) is 41.5 Å². The second-order valence-corrected chi connectivity index (χ2v) is 9.33. The van der Waals surface area contributed by atoms with Crippen LogP contribution in [0.1, 0.15) is 38.8 Å². The van der Waals surface area contributed by atoms with Crippen molar-refractivity contribution in [3.8, 4) is 5.69 Å². The quantitative estimate of drug-likeness (QED) is 0.651. The topological polar surface area (TPSA) is 89.5 Å². The number of aromatic nitrogens is 3. The smallest absolute Gasteiger partial charge is 0.411 e. The third-order valence-corrected chi connectivity index (χ3v) is 5.84. The van der Waals surface area contributed by atoms with Crippen molar-refractivity contribution in [2.45, 2.75) is 51.0 Å². The number of carbonyl (C=O) groups excluding carboxylic acids is 1. The molecule has 8 nitrogen and oxygen atoms in total. The molecule has 3 heterocycles. The Balaban J connectivity index is 1.47. The molecule has 3 atom stereocenters. The first-order valence-corrected chi connectivity index (χ1v) is 10.6. The van der Waals surface area contributed by atoms with E-state index in [1.165, 1.54) is 6.33 Å². The molecule has 0 bridgehead atoms. The molecule has 3 unspecified atom stereocenters. The van der Waals surface area contributed by atoms with Gasteiger partial charge in [0.2, 0.25) is 0 Å². The molecule has 2 aromatic heterocycles. The summed E-state index contributed by atoms with van der Waals surface area (Å²) in [7, 11) is 0. The first-order valence-electron chi connectivity index (χ1n) is 10.2. The minimum Gasteiger partial charge on any atom is -0.444 e. The van der Waals surface area contributed by atoms with Gasteiger partial charge in [-0.15, -0.1) is 0 Å². The van der Waals surface area contributed by atoms with Gasteiger partial charge in [0.05, 0.1) is 36.5 Å². The Morgan fingerprint density at radius 1 is 1.29 bits per heavy atom. The molecule has 1 N–H and O–H groups in total. The molecule has 5 rings (SSSR count). The van der Waals surface area contributed by atoms with E-state index in [9.17, 15) is 9.59 Å². The molecule has 2 aliphatic rings. The van der Waals surface area contributed by atoms with Crippen molar-refractivity contribution in [3.05, 3.63) is 57.7 Å². The number of hydrogen-bond acceptors (Lipinski definition) is 5. The maximum atomic E-state index is 12.9. The Kier molecular flexibility index (Phi) is 4.60. The van der Waals surface area contributed by atoms with Gasteiger partial charge in [-0.25, -0.2) is 9.78 Å². The van der Waals surface area contributed by atoms with E-state index >= 15 is 0 Å². The SMILES string of the molecule is CC(C)(C)OC(=O)N1C(c2ccc(-n3c(Cl)cc4c(=O)[nH]cnc43)cc2)COC2CC21. The van der Waals surface area contributed by atoms with E-state index in [0.29, 0.717) is 22.8 Å². The van der Waals surface area contributed by atoms with Crippen LogP contribution in [0.4, 0.5) is 4.79 Å². The zero-order valence-corrected chi connectivity index (χ0v) is 18.2. The molecule has 1 saturated carbocycles. The third-order valence-electron chi connectivity index (χ3n) is 5.56. The number of carbonyl (C=O) groups is 1. The zero-order valence-electron chi connectivity index (χ0n) is 17.5. The van der Waals surface area contributed by atoms with Gasteiger partial charge in [-0.05, 0) is 51.0 Å². The molecule has 1 aliphatic carbocycles. The van der Waals surface area contributed by atoms with Crippen molar-refractivity contribution in [3.63, 3.8) is 0 Å². The number of nitrogens with one attached hydrogen (secondary N) is 1. The largest absolute Gasteiger partial charge is 0.444 e. The van der Waals surface area contributed by atoms with E-state index in [1.807, 2.05) is 49.9 Å². The highest BCUT2D eigenvalue weighted by Gasteiger charge is 2.53. The lowest BCUT2D eigenvalue weighted by atomic mass is 10.0. The molecule has 162 valence electrons. The molecule has 9 heteroatoms. The number of nitrogens with zero attached hydrogens (tertiary/aromatic N) is 3. The fourth-order valence-electron chi connectivity index (χ4n) is 4.08. The van der Waals surface area contributed by atoms with Crippen LogP contribution in [0.3, 0.4) is 0 Å². The van der Waals surface area contributed by atoms with E-state index in [2.05, 4.69) is 9.97 Å². The van der Waals surface area contributed by atoms with Crippen molar-refractivity contribution >= 4 is 28.7 Å². The normalized spacial score (nSPS) is 23.0. The predicted molar refractivity (Wildman–Crippen MR) is 116 cm³/mol. The Labute approximate surface area is 183 Å². The van der Waals surface area contributed by atoms with Crippen LogP contribution in [0.5, 0.6) is 0 Å². The average Bonchev–Trinajstić information content (AvgIpc) is 3.41. The van der Waals surface area contributed by atoms with Crippen molar-refractivity contribution in [1.82, 2.24) is 19.4 Å². The van der Waals surface area contributed by atoms with Gasteiger partial charge in [-0.3, -0.25) is 14.3 Å². The summed E-state index contributed by atoms with van der Waals surface area (Å²) in [6, 6.07) is 9.10. The summed E-state index contributed by atoms with van der Waals surface area (Å²) in [5.74, 6) is 0. The summed E-state index contributed by atoms with van der Waals surface area (Å²) < 4.78 is 13.3. The minimum absolute atomic E-state index is 0.0482. The molecule has 1 aromatic carbocycles. The molecule has 0 radical (unpaired) electrons. The van der Waals surface area contributed by atoms with Crippen LogP contribution in [0.2, 0.25) is 5.15 Å². The molecule has 31 heavy (non-hydrogen) atoms. The zero-order chi connectivity index (χ0) is 21.9. The van der Waals surface area contributed by atoms with Crippen LogP contribution in [0, 0.1) is 0 Å². The Bertz CT molecular complexity index is 1210. The van der Waals surface area contributed by atoms with Crippen molar-refractivity contribution < 1.29 is 14.3 Å². The fourth-order valence-corrected chi connectivity index (χ4v) is 4.36. The van der Waals surface area contributed by atoms with Crippen LogP contribution in [-0.2, 0) is 9.47 Å². The molecular formula is C22H23ClN4O4. The summed E-state index contributed by atoms with van der Waals surface area (Å²) >= 11 is 6.39. The standard InChI is InChI=1S/C22H23ClN4O4/c1-22(2,3)31-21(29)27-15-9-17(15)30-10-16(27)12-4-6-13(7-5-12)26-18(23)8-14-19(26)24-11-25-20(14)28/h4-8,11,15-17H,9-10H2,1-3H3,(H,24,25,28). The van der Waals surface area contributed by atoms with Gasteiger partial charge in [0.15, 0.2) is 5.65 Å². The van der Waals surface area contributed by atoms with Crippen LogP contribution in [-0.4, -0.2) is 49.9 Å².